The molecule has 0 saturated carbocycles. The highest BCUT2D eigenvalue weighted by Gasteiger charge is 2.11. The van der Waals surface area contributed by atoms with Crippen molar-refractivity contribution in [3.63, 3.8) is 0 Å². The average molecular weight is 278 g/mol. The molecule has 0 unspecified atom stereocenters. The van der Waals surface area contributed by atoms with Crippen LogP contribution in [0.4, 0.5) is 0 Å². The maximum atomic E-state index is 2.35. The summed E-state index contributed by atoms with van der Waals surface area (Å²) in [4.78, 5) is 0. The molecular formula is C21H26. The first-order valence-electron chi connectivity index (χ1n) is 8.60. The number of rotatable bonds is 7. The van der Waals surface area contributed by atoms with E-state index in [-0.39, 0.29) is 0 Å². The van der Waals surface area contributed by atoms with E-state index in [1.807, 2.05) is 0 Å². The molecule has 1 aliphatic rings. The van der Waals surface area contributed by atoms with E-state index in [1.165, 1.54) is 66.8 Å². The van der Waals surface area contributed by atoms with Crippen LogP contribution in [-0.2, 0) is 12.8 Å². The molecule has 0 amide bonds. The van der Waals surface area contributed by atoms with E-state index in [0.717, 1.165) is 6.42 Å². The lowest BCUT2D eigenvalue weighted by Crippen LogP contribution is -1.98. The standard InChI is InChI=1S/C21H26/c1-2-3-4-5-6-7-10-17-15-16-19-12-8-11-18-13-9-14-20(17)21(18)19/h8-9,11-12,14-16H,2-7,10,13H2,1H3. The van der Waals surface area contributed by atoms with Gasteiger partial charge in [0.25, 0.3) is 0 Å². The summed E-state index contributed by atoms with van der Waals surface area (Å²) in [7, 11) is 0. The molecule has 0 fully saturated rings. The second-order valence-corrected chi connectivity index (χ2v) is 6.28. The first kappa shape index (κ1) is 14.4. The van der Waals surface area contributed by atoms with Crippen LogP contribution in [0, 0.1) is 0 Å². The van der Waals surface area contributed by atoms with Gasteiger partial charge in [-0.15, -0.1) is 0 Å². The minimum absolute atomic E-state index is 1.09. The number of aryl methyl sites for hydroxylation is 1. The highest BCUT2D eigenvalue weighted by Crippen LogP contribution is 2.31. The van der Waals surface area contributed by atoms with Gasteiger partial charge in [0.2, 0.25) is 0 Å². The van der Waals surface area contributed by atoms with Gasteiger partial charge in [-0.05, 0) is 46.7 Å². The first-order valence-corrected chi connectivity index (χ1v) is 8.60. The molecule has 21 heavy (non-hydrogen) atoms. The van der Waals surface area contributed by atoms with E-state index in [4.69, 9.17) is 0 Å². The third-order valence-corrected chi connectivity index (χ3v) is 4.68. The lowest BCUT2D eigenvalue weighted by Gasteiger charge is -2.16. The summed E-state index contributed by atoms with van der Waals surface area (Å²) >= 11 is 0. The Morgan fingerprint density at radius 3 is 2.67 bits per heavy atom. The summed E-state index contributed by atoms with van der Waals surface area (Å²) < 4.78 is 0. The second-order valence-electron chi connectivity index (χ2n) is 6.28. The maximum absolute atomic E-state index is 2.35. The van der Waals surface area contributed by atoms with Crippen molar-refractivity contribution in [2.75, 3.05) is 0 Å². The fourth-order valence-electron chi connectivity index (χ4n) is 3.51. The van der Waals surface area contributed by atoms with Gasteiger partial charge in [0.1, 0.15) is 0 Å². The van der Waals surface area contributed by atoms with Crippen molar-refractivity contribution in [1.29, 1.82) is 0 Å². The predicted octanol–water partition coefficient (Wildman–Crippen LogP) is 6.31. The lowest BCUT2D eigenvalue weighted by molar-refractivity contribution is 0.607. The monoisotopic (exact) mass is 278 g/mol. The van der Waals surface area contributed by atoms with Gasteiger partial charge in [0, 0.05) is 0 Å². The molecule has 110 valence electrons. The molecule has 0 radical (unpaired) electrons. The van der Waals surface area contributed by atoms with Gasteiger partial charge in [-0.3, -0.25) is 0 Å². The quantitative estimate of drug-likeness (QED) is 0.520. The molecule has 2 aromatic carbocycles. The molecule has 0 aliphatic heterocycles. The molecule has 1 aliphatic carbocycles. The zero-order chi connectivity index (χ0) is 14.5. The fourth-order valence-corrected chi connectivity index (χ4v) is 3.51. The maximum Gasteiger partial charge on any atom is -0.00735 e. The Labute approximate surface area is 128 Å². The molecule has 3 rings (SSSR count). The Kier molecular flexibility index (Phi) is 4.75. The van der Waals surface area contributed by atoms with Crippen molar-refractivity contribution >= 4 is 16.8 Å². The third kappa shape index (κ3) is 3.20. The highest BCUT2D eigenvalue weighted by molar-refractivity contribution is 5.96. The van der Waals surface area contributed by atoms with Crippen LogP contribution in [0.2, 0.25) is 0 Å². The molecule has 0 N–H and O–H groups in total. The number of hydrogen-bond acceptors (Lipinski definition) is 0. The van der Waals surface area contributed by atoms with Crippen LogP contribution < -0.4 is 0 Å². The molecule has 0 spiro atoms. The molecule has 0 nitrogen and oxygen atoms in total. The molecule has 0 atom stereocenters. The molecule has 0 aromatic heterocycles. The fraction of sp³-hybridized carbons (Fsp3) is 0.429. The van der Waals surface area contributed by atoms with Gasteiger partial charge in [0.15, 0.2) is 0 Å². The number of unbranched alkanes of at least 4 members (excludes halogenated alkanes) is 5. The summed E-state index contributed by atoms with van der Waals surface area (Å²) in [5, 5.41) is 2.90. The molecular weight excluding hydrogens is 252 g/mol. The van der Waals surface area contributed by atoms with E-state index in [2.05, 4.69) is 49.4 Å². The van der Waals surface area contributed by atoms with Crippen molar-refractivity contribution in [3.8, 4) is 0 Å². The summed E-state index contributed by atoms with van der Waals surface area (Å²) in [6, 6.07) is 11.4. The zero-order valence-electron chi connectivity index (χ0n) is 13.2. The van der Waals surface area contributed by atoms with Crippen molar-refractivity contribution in [3.05, 3.63) is 53.1 Å². The molecule has 0 saturated heterocycles. The number of benzene rings is 2. The lowest BCUT2D eigenvalue weighted by atomic mass is 9.88. The second kappa shape index (κ2) is 6.93. The van der Waals surface area contributed by atoms with Crippen LogP contribution in [0.5, 0.6) is 0 Å². The Morgan fingerprint density at radius 2 is 1.76 bits per heavy atom. The average Bonchev–Trinajstić information content (AvgIpc) is 2.53. The SMILES string of the molecule is CCCCCCCCc1ccc2cccc3c2c1C=CC3. The van der Waals surface area contributed by atoms with Crippen LogP contribution in [0.1, 0.15) is 62.1 Å². The van der Waals surface area contributed by atoms with Crippen molar-refractivity contribution in [2.24, 2.45) is 0 Å². The van der Waals surface area contributed by atoms with Gasteiger partial charge >= 0.3 is 0 Å². The normalized spacial score (nSPS) is 13.0. The van der Waals surface area contributed by atoms with E-state index in [9.17, 15) is 0 Å². The van der Waals surface area contributed by atoms with Crippen LogP contribution in [-0.4, -0.2) is 0 Å². The van der Waals surface area contributed by atoms with Gasteiger partial charge in [-0.1, -0.05) is 81.5 Å². The van der Waals surface area contributed by atoms with Crippen LogP contribution in [0.25, 0.3) is 16.8 Å². The van der Waals surface area contributed by atoms with Gasteiger partial charge < -0.3 is 0 Å². The van der Waals surface area contributed by atoms with E-state index >= 15 is 0 Å². The van der Waals surface area contributed by atoms with Gasteiger partial charge in [-0.25, -0.2) is 0 Å². The largest absolute Gasteiger partial charge is 0.0795 e. The topological polar surface area (TPSA) is 0 Å². The Hall–Kier alpha value is -1.56. The molecule has 0 heterocycles. The summed E-state index contributed by atoms with van der Waals surface area (Å²) in [5.74, 6) is 0. The minimum atomic E-state index is 1.09. The Balaban J connectivity index is 1.72. The Morgan fingerprint density at radius 1 is 0.905 bits per heavy atom. The van der Waals surface area contributed by atoms with E-state index in [1.54, 1.807) is 5.56 Å². The predicted molar refractivity (Wildman–Crippen MR) is 93.8 cm³/mol. The van der Waals surface area contributed by atoms with Crippen molar-refractivity contribution < 1.29 is 0 Å². The van der Waals surface area contributed by atoms with Crippen molar-refractivity contribution in [1.82, 2.24) is 0 Å². The van der Waals surface area contributed by atoms with Crippen LogP contribution in [0.3, 0.4) is 0 Å². The smallest absolute Gasteiger partial charge is 0.00735 e. The minimum Gasteiger partial charge on any atom is -0.0795 e. The van der Waals surface area contributed by atoms with Gasteiger partial charge in [-0.2, -0.15) is 0 Å². The molecule has 0 bridgehead atoms. The first-order chi connectivity index (χ1) is 10.4. The highest BCUT2D eigenvalue weighted by atomic mass is 14.2. The van der Waals surface area contributed by atoms with Gasteiger partial charge in [0.05, 0.1) is 0 Å². The third-order valence-electron chi connectivity index (χ3n) is 4.68. The molecule has 2 aromatic rings. The van der Waals surface area contributed by atoms with E-state index in [0.29, 0.717) is 0 Å². The van der Waals surface area contributed by atoms with Crippen molar-refractivity contribution in [2.45, 2.75) is 58.3 Å². The van der Waals surface area contributed by atoms with E-state index < -0.39 is 0 Å². The Bertz CT molecular complexity index is 634. The number of hydrogen-bond donors (Lipinski definition) is 0. The molecule has 0 heteroatoms. The van der Waals surface area contributed by atoms with Crippen LogP contribution >= 0.6 is 0 Å². The zero-order valence-corrected chi connectivity index (χ0v) is 13.2. The number of allylic oxidation sites excluding steroid dienone is 1. The summed E-state index contributed by atoms with van der Waals surface area (Å²) in [5.41, 5.74) is 4.53. The van der Waals surface area contributed by atoms with Crippen LogP contribution in [0.15, 0.2) is 36.4 Å². The summed E-state index contributed by atoms with van der Waals surface area (Å²) in [6.07, 6.45) is 15.2. The summed E-state index contributed by atoms with van der Waals surface area (Å²) in [6.45, 7) is 2.28.